The number of hydrogen-bond acceptors (Lipinski definition) is 18. The van der Waals surface area contributed by atoms with E-state index in [4.69, 9.17) is 5.26 Å². The van der Waals surface area contributed by atoms with E-state index >= 15 is 0 Å². The van der Waals surface area contributed by atoms with E-state index in [1.165, 1.54) is 0 Å². The molecule has 0 aliphatic carbocycles. The van der Waals surface area contributed by atoms with E-state index in [9.17, 15) is 65.5 Å². The molecule has 7 rings (SSSR count). The Hall–Kier alpha value is -5.59. The summed E-state index contributed by atoms with van der Waals surface area (Å²) in [5.74, 6) is -4.70. The molecule has 0 saturated carbocycles. The zero-order valence-electron chi connectivity index (χ0n) is 23.7. The average molecular weight is 745 g/mol. The summed E-state index contributed by atoms with van der Waals surface area (Å²) in [7, 11) is -10.8. The number of fused-ring (bicyclic) bond motifs is 8. The molecule has 1 heterocycles. The van der Waals surface area contributed by atoms with Crippen molar-refractivity contribution in [1.29, 1.82) is 0 Å². The first kappa shape index (κ1) is 32.9. The molecule has 0 aliphatic rings. The SMILES string of the molecule is O=c1c2ccc(S(=O)(=O)O)c(O)c2c(=O)c2c1c(O)cc1nc3c(nc12)c(S(=O)(=O)O)c(O)c1c(=O)c2ccc(SOOO)c(O)c2c(=O)c13. The highest BCUT2D eigenvalue weighted by atomic mass is 32.2. The third-order valence-corrected chi connectivity index (χ3v) is 10.3. The molecule has 7 aromatic rings. The van der Waals surface area contributed by atoms with Gasteiger partial charge in [-0.05, 0) is 24.3 Å². The minimum Gasteiger partial charge on any atom is -0.507 e. The molecular formula is C28H12N2O17S3. The van der Waals surface area contributed by atoms with Gasteiger partial charge >= 0.3 is 10.1 Å². The van der Waals surface area contributed by atoms with E-state index in [-0.39, 0.29) is 16.9 Å². The first-order chi connectivity index (χ1) is 23.4. The summed E-state index contributed by atoms with van der Waals surface area (Å²) in [6.07, 6.45) is 0. The van der Waals surface area contributed by atoms with Crippen molar-refractivity contribution in [3.05, 3.63) is 71.2 Å². The van der Waals surface area contributed by atoms with Crippen LogP contribution in [0.5, 0.6) is 23.0 Å². The maximum Gasteiger partial charge on any atom is 0.300 e. The second kappa shape index (κ2) is 10.7. The molecule has 0 fully saturated rings. The van der Waals surface area contributed by atoms with E-state index in [1.807, 2.05) is 0 Å². The van der Waals surface area contributed by atoms with Crippen LogP contribution in [0.1, 0.15) is 0 Å². The van der Waals surface area contributed by atoms with Crippen LogP contribution in [0.4, 0.5) is 0 Å². The number of aromatic hydroxyl groups is 4. The van der Waals surface area contributed by atoms with Crippen LogP contribution in [0.2, 0.25) is 0 Å². The molecule has 254 valence electrons. The van der Waals surface area contributed by atoms with Gasteiger partial charge in [0.2, 0.25) is 10.9 Å². The molecule has 0 unspecified atom stereocenters. The van der Waals surface area contributed by atoms with Gasteiger partial charge in [-0.2, -0.15) is 16.8 Å². The minimum absolute atomic E-state index is 0.204. The lowest BCUT2D eigenvalue weighted by molar-refractivity contribution is -0.432. The van der Waals surface area contributed by atoms with E-state index in [1.54, 1.807) is 0 Å². The van der Waals surface area contributed by atoms with Gasteiger partial charge in [-0.3, -0.25) is 28.3 Å². The Morgan fingerprint density at radius 2 is 1.18 bits per heavy atom. The van der Waals surface area contributed by atoms with Crippen LogP contribution in [-0.4, -0.2) is 61.6 Å². The van der Waals surface area contributed by atoms with Crippen LogP contribution >= 0.6 is 12.0 Å². The molecule has 0 aliphatic heterocycles. The third-order valence-electron chi connectivity index (χ3n) is 7.92. The van der Waals surface area contributed by atoms with Crippen LogP contribution in [0.15, 0.2) is 64.2 Å². The summed E-state index contributed by atoms with van der Waals surface area (Å²) in [5.41, 5.74) is -8.28. The maximum atomic E-state index is 14.0. The largest absolute Gasteiger partial charge is 0.507 e. The number of aromatic nitrogens is 2. The first-order valence-electron chi connectivity index (χ1n) is 13.2. The van der Waals surface area contributed by atoms with E-state index in [0.717, 1.165) is 24.3 Å². The molecule has 0 saturated heterocycles. The second-order valence-electron chi connectivity index (χ2n) is 10.5. The molecule has 0 atom stereocenters. The Morgan fingerprint density at radius 1 is 0.600 bits per heavy atom. The van der Waals surface area contributed by atoms with Gasteiger partial charge in [0, 0.05) is 16.8 Å². The van der Waals surface area contributed by atoms with E-state index in [2.05, 4.69) is 19.3 Å². The summed E-state index contributed by atoms with van der Waals surface area (Å²) < 4.78 is 73.0. The van der Waals surface area contributed by atoms with Crippen molar-refractivity contribution in [2.75, 3.05) is 0 Å². The summed E-state index contributed by atoms with van der Waals surface area (Å²) in [6.45, 7) is 0. The van der Waals surface area contributed by atoms with E-state index < -0.39 is 140 Å². The van der Waals surface area contributed by atoms with Crippen molar-refractivity contribution in [3.8, 4) is 23.0 Å². The average Bonchev–Trinajstić information content (AvgIpc) is 3.02. The second-order valence-corrected chi connectivity index (χ2v) is 14.0. The standard InChI is InChI=1S/C28H12N2O17S3/c31-9-5-8-18(15-14(9)21(32)7-2-4-11(49(40,41)42)24(35)13(7)26(15)37)30-20-19(29-8)16-17(27(38)28(20)50(43,44)45)22(33)6-1-3-10(48-47-46-39)23(34)12(6)25(16)36/h1-5,31,34-35,38-39H,(H,40,41,42)(H,43,44,45). The molecule has 22 heteroatoms. The summed E-state index contributed by atoms with van der Waals surface area (Å²) in [6, 6.07) is 4.19. The highest BCUT2D eigenvalue weighted by molar-refractivity contribution is 7.94. The van der Waals surface area contributed by atoms with Gasteiger partial charge in [-0.1, -0.05) is 5.04 Å². The molecule has 19 nitrogen and oxygen atoms in total. The highest BCUT2D eigenvalue weighted by Gasteiger charge is 2.32. The summed E-state index contributed by atoms with van der Waals surface area (Å²) >= 11 is 0.204. The normalized spacial score (nSPS) is 12.7. The Labute approximate surface area is 276 Å². The minimum atomic E-state index is -5.60. The van der Waals surface area contributed by atoms with Gasteiger partial charge in [-0.15, -0.1) is 4.33 Å². The smallest absolute Gasteiger partial charge is 0.300 e. The Balaban J connectivity index is 1.77. The van der Waals surface area contributed by atoms with Crippen molar-refractivity contribution >= 4 is 97.4 Å². The molecule has 0 amide bonds. The van der Waals surface area contributed by atoms with Crippen LogP contribution in [-0.2, 0) is 29.6 Å². The van der Waals surface area contributed by atoms with Crippen molar-refractivity contribution in [1.82, 2.24) is 9.97 Å². The molecule has 1 aromatic heterocycles. The lowest BCUT2D eigenvalue weighted by Gasteiger charge is -2.13. The zero-order chi connectivity index (χ0) is 36.4. The quantitative estimate of drug-likeness (QED) is 0.0327. The molecule has 50 heavy (non-hydrogen) atoms. The maximum absolute atomic E-state index is 14.0. The van der Waals surface area contributed by atoms with Gasteiger partial charge in [0.25, 0.3) is 10.1 Å². The number of hydrogen-bond donors (Lipinski definition) is 7. The van der Waals surface area contributed by atoms with Gasteiger partial charge < -0.3 is 20.4 Å². The number of nitrogens with zero attached hydrogens (tertiary/aromatic N) is 2. The Kier molecular flexibility index (Phi) is 7.05. The summed E-state index contributed by atoms with van der Waals surface area (Å²) in [4.78, 5) is 60.2. The number of phenolic OH excluding ortho intramolecular Hbond substituents is 4. The zero-order valence-corrected chi connectivity index (χ0v) is 26.2. The van der Waals surface area contributed by atoms with Crippen LogP contribution < -0.4 is 21.7 Å². The predicted molar refractivity (Wildman–Crippen MR) is 171 cm³/mol. The molecule has 7 N–H and O–H groups in total. The number of rotatable bonds is 5. The Morgan fingerprint density at radius 3 is 1.78 bits per heavy atom. The monoisotopic (exact) mass is 744 g/mol. The van der Waals surface area contributed by atoms with Gasteiger partial charge in [0.1, 0.15) is 38.7 Å². The fraction of sp³-hybridized carbons (Fsp3) is 0. The highest BCUT2D eigenvalue weighted by Crippen LogP contribution is 2.41. The lowest BCUT2D eigenvalue weighted by Crippen LogP contribution is -2.17. The fourth-order valence-corrected chi connectivity index (χ4v) is 7.67. The Bertz CT molecular complexity index is 3210. The lowest BCUT2D eigenvalue weighted by atomic mass is 9.98. The summed E-state index contributed by atoms with van der Waals surface area (Å²) in [5, 5.41) is 49.1. The van der Waals surface area contributed by atoms with Gasteiger partial charge in [0.15, 0.2) is 21.5 Å². The van der Waals surface area contributed by atoms with E-state index in [0.29, 0.717) is 6.07 Å². The third kappa shape index (κ3) is 4.41. The topological polar surface area (TPSA) is 322 Å². The predicted octanol–water partition coefficient (Wildman–Crippen LogP) is 1.46. The number of benzene rings is 6. The molecular weight excluding hydrogens is 733 g/mol. The first-order valence-corrected chi connectivity index (χ1v) is 16.8. The van der Waals surface area contributed by atoms with Crippen molar-refractivity contribution in [3.63, 3.8) is 0 Å². The van der Waals surface area contributed by atoms with Crippen molar-refractivity contribution in [2.24, 2.45) is 0 Å². The van der Waals surface area contributed by atoms with Crippen LogP contribution in [0.3, 0.4) is 0 Å². The fourth-order valence-electron chi connectivity index (χ4n) is 5.94. The van der Waals surface area contributed by atoms with Crippen LogP contribution in [0, 0.1) is 0 Å². The van der Waals surface area contributed by atoms with Crippen LogP contribution in [0.25, 0.3) is 65.2 Å². The van der Waals surface area contributed by atoms with Crippen molar-refractivity contribution in [2.45, 2.75) is 14.7 Å². The molecule has 6 aromatic carbocycles. The van der Waals surface area contributed by atoms with Gasteiger partial charge in [-0.25, -0.2) is 15.2 Å². The number of phenols is 4. The van der Waals surface area contributed by atoms with Gasteiger partial charge in [0.05, 0.1) is 54.8 Å². The van der Waals surface area contributed by atoms with Crippen molar-refractivity contribution < 1.29 is 61.0 Å². The molecule has 0 radical (unpaired) electrons. The molecule has 0 bridgehead atoms. The molecule has 0 spiro atoms.